The molecule has 3 N–H and O–H groups in total. The van der Waals surface area contributed by atoms with Crippen molar-refractivity contribution in [2.75, 3.05) is 4.72 Å². The van der Waals surface area contributed by atoms with E-state index in [-0.39, 0.29) is 10.7 Å². The quantitative estimate of drug-likeness (QED) is 0.789. The number of nitrogens with one attached hydrogen (secondary N) is 1. The number of anilines is 1. The Balaban J connectivity index is 2.45. The Hall–Kier alpha value is -1.51. The lowest BCUT2D eigenvalue weighted by molar-refractivity contribution is 0.570. The Labute approximate surface area is 135 Å². The van der Waals surface area contributed by atoms with Gasteiger partial charge in [0.05, 0.1) is 5.69 Å². The standard InChI is InChI=1S/C13H10BrFN2O2S2/c14-8-5-6-12(10(15)7-8)21(18,19)17-11-4-2-1-3-9(11)13(16)20/h1-7,17H,(H2,16,20). The number of hydrogen-bond donors (Lipinski definition) is 2. The number of nitrogens with two attached hydrogens (primary N) is 1. The molecule has 4 nitrogen and oxygen atoms in total. The van der Waals surface area contributed by atoms with Crippen LogP contribution >= 0.6 is 28.1 Å². The molecule has 21 heavy (non-hydrogen) atoms. The molecular weight excluding hydrogens is 379 g/mol. The zero-order valence-corrected chi connectivity index (χ0v) is 13.7. The molecule has 0 spiro atoms. The molecule has 0 amide bonds. The van der Waals surface area contributed by atoms with Crippen LogP contribution in [0.25, 0.3) is 0 Å². The summed E-state index contributed by atoms with van der Waals surface area (Å²) < 4.78 is 41.1. The van der Waals surface area contributed by atoms with Crippen molar-refractivity contribution in [1.82, 2.24) is 0 Å². The Morgan fingerprint density at radius 2 is 1.90 bits per heavy atom. The normalized spacial score (nSPS) is 11.1. The number of sulfonamides is 1. The Morgan fingerprint density at radius 3 is 2.52 bits per heavy atom. The second kappa shape index (κ2) is 6.08. The van der Waals surface area contributed by atoms with Crippen LogP contribution in [-0.4, -0.2) is 13.4 Å². The summed E-state index contributed by atoms with van der Waals surface area (Å²) in [7, 11) is -4.08. The van der Waals surface area contributed by atoms with Gasteiger partial charge in [-0.3, -0.25) is 4.72 Å². The van der Waals surface area contributed by atoms with Crippen LogP contribution < -0.4 is 10.5 Å². The van der Waals surface area contributed by atoms with Crippen molar-refractivity contribution in [1.29, 1.82) is 0 Å². The molecule has 0 fully saturated rings. The van der Waals surface area contributed by atoms with Crippen molar-refractivity contribution in [2.45, 2.75) is 4.90 Å². The zero-order valence-electron chi connectivity index (χ0n) is 10.5. The van der Waals surface area contributed by atoms with Gasteiger partial charge < -0.3 is 5.73 Å². The Kier molecular flexibility index (Phi) is 4.60. The van der Waals surface area contributed by atoms with Gasteiger partial charge in [-0.15, -0.1) is 0 Å². The molecule has 8 heteroatoms. The Bertz CT molecular complexity index is 810. The number of rotatable bonds is 4. The van der Waals surface area contributed by atoms with Crippen LogP contribution in [0.1, 0.15) is 5.56 Å². The SMILES string of the molecule is NC(=S)c1ccccc1NS(=O)(=O)c1ccc(Br)cc1F. The van der Waals surface area contributed by atoms with Crippen LogP contribution in [0.3, 0.4) is 0 Å². The molecule has 2 aromatic carbocycles. The van der Waals surface area contributed by atoms with E-state index >= 15 is 0 Å². The predicted octanol–water partition coefficient (Wildman–Crippen LogP) is 3.02. The van der Waals surface area contributed by atoms with Crippen LogP contribution in [0.5, 0.6) is 0 Å². The van der Waals surface area contributed by atoms with E-state index in [0.717, 1.165) is 6.07 Å². The maximum Gasteiger partial charge on any atom is 0.264 e. The van der Waals surface area contributed by atoms with Gasteiger partial charge in [-0.05, 0) is 30.3 Å². The summed E-state index contributed by atoms with van der Waals surface area (Å²) in [4.78, 5) is -0.409. The highest BCUT2D eigenvalue weighted by molar-refractivity contribution is 9.10. The maximum atomic E-state index is 13.8. The summed E-state index contributed by atoms with van der Waals surface area (Å²) >= 11 is 7.93. The highest BCUT2D eigenvalue weighted by Gasteiger charge is 2.20. The van der Waals surface area contributed by atoms with Crippen molar-refractivity contribution in [3.63, 3.8) is 0 Å². The molecule has 0 aliphatic rings. The van der Waals surface area contributed by atoms with Crippen LogP contribution in [0.2, 0.25) is 0 Å². The average molecular weight is 389 g/mol. The number of hydrogen-bond acceptors (Lipinski definition) is 3. The van der Waals surface area contributed by atoms with E-state index in [1.165, 1.54) is 18.2 Å². The summed E-state index contributed by atoms with van der Waals surface area (Å²) in [5.74, 6) is -0.857. The molecule has 0 saturated heterocycles. The van der Waals surface area contributed by atoms with E-state index in [1.54, 1.807) is 18.2 Å². The number of para-hydroxylation sites is 1. The summed E-state index contributed by atoms with van der Waals surface area (Å²) in [6.45, 7) is 0. The van der Waals surface area contributed by atoms with Crippen molar-refractivity contribution in [2.24, 2.45) is 5.73 Å². The fourth-order valence-electron chi connectivity index (χ4n) is 1.68. The van der Waals surface area contributed by atoms with Gasteiger partial charge in [0.15, 0.2) is 0 Å². The zero-order chi connectivity index (χ0) is 15.6. The van der Waals surface area contributed by atoms with Crippen molar-refractivity contribution < 1.29 is 12.8 Å². The van der Waals surface area contributed by atoms with E-state index in [1.807, 2.05) is 0 Å². The molecule has 0 saturated carbocycles. The molecule has 0 atom stereocenters. The van der Waals surface area contributed by atoms with Crippen molar-refractivity contribution in [3.8, 4) is 0 Å². The van der Waals surface area contributed by atoms with Crippen LogP contribution in [0.4, 0.5) is 10.1 Å². The molecule has 0 unspecified atom stereocenters. The Morgan fingerprint density at radius 1 is 1.24 bits per heavy atom. The van der Waals surface area contributed by atoms with Gasteiger partial charge >= 0.3 is 0 Å². The predicted molar refractivity (Wildman–Crippen MR) is 87.2 cm³/mol. The minimum absolute atomic E-state index is 0.0459. The molecule has 0 aliphatic carbocycles. The monoisotopic (exact) mass is 388 g/mol. The third kappa shape index (κ3) is 3.58. The van der Waals surface area contributed by atoms with Gasteiger partial charge in [0.2, 0.25) is 0 Å². The van der Waals surface area contributed by atoms with Crippen LogP contribution in [0.15, 0.2) is 51.8 Å². The van der Waals surface area contributed by atoms with E-state index in [9.17, 15) is 12.8 Å². The lowest BCUT2D eigenvalue weighted by atomic mass is 10.2. The van der Waals surface area contributed by atoms with Crippen LogP contribution in [0, 0.1) is 5.82 Å². The molecule has 0 aliphatic heterocycles. The van der Waals surface area contributed by atoms with E-state index in [0.29, 0.717) is 10.0 Å². The largest absolute Gasteiger partial charge is 0.389 e. The lowest BCUT2D eigenvalue weighted by Gasteiger charge is -2.12. The highest BCUT2D eigenvalue weighted by Crippen LogP contribution is 2.23. The van der Waals surface area contributed by atoms with Crippen LogP contribution in [-0.2, 0) is 10.0 Å². The fraction of sp³-hybridized carbons (Fsp3) is 0. The first-order valence-corrected chi connectivity index (χ1v) is 8.36. The molecule has 0 radical (unpaired) electrons. The third-order valence-electron chi connectivity index (χ3n) is 2.62. The van der Waals surface area contributed by atoms with Gasteiger partial charge in [-0.2, -0.15) is 0 Å². The molecular formula is C13H10BrFN2O2S2. The minimum Gasteiger partial charge on any atom is -0.389 e. The summed E-state index contributed by atoms with van der Waals surface area (Å²) in [6, 6.07) is 10.1. The first-order chi connectivity index (χ1) is 9.81. The molecule has 0 aromatic heterocycles. The van der Waals surface area contributed by atoms with Gasteiger partial charge in [-0.25, -0.2) is 12.8 Å². The second-order valence-electron chi connectivity index (χ2n) is 4.09. The van der Waals surface area contributed by atoms with Gasteiger partial charge in [-0.1, -0.05) is 40.3 Å². The first kappa shape index (κ1) is 15.9. The summed E-state index contributed by atoms with van der Waals surface area (Å²) in [5.41, 5.74) is 6.11. The average Bonchev–Trinajstić information content (AvgIpc) is 2.37. The molecule has 2 rings (SSSR count). The van der Waals surface area contributed by atoms with E-state index < -0.39 is 20.7 Å². The maximum absolute atomic E-state index is 13.8. The first-order valence-electron chi connectivity index (χ1n) is 5.68. The molecule has 0 bridgehead atoms. The fourth-order valence-corrected chi connectivity index (χ4v) is 3.33. The van der Waals surface area contributed by atoms with E-state index in [4.69, 9.17) is 18.0 Å². The number of halogens is 2. The second-order valence-corrected chi connectivity index (χ2v) is 7.10. The number of thiocarbonyl (C=S) groups is 1. The highest BCUT2D eigenvalue weighted by atomic mass is 79.9. The molecule has 2 aromatic rings. The summed E-state index contributed by atoms with van der Waals surface area (Å²) in [6.07, 6.45) is 0. The van der Waals surface area contributed by atoms with Gasteiger partial charge in [0, 0.05) is 10.0 Å². The van der Waals surface area contributed by atoms with Crippen molar-refractivity contribution >= 4 is 48.8 Å². The molecule has 110 valence electrons. The topological polar surface area (TPSA) is 72.2 Å². The lowest BCUT2D eigenvalue weighted by Crippen LogP contribution is -2.18. The third-order valence-corrected chi connectivity index (χ3v) is 4.73. The summed E-state index contributed by atoms with van der Waals surface area (Å²) in [5, 5.41) is 0. The minimum atomic E-state index is -4.08. The van der Waals surface area contributed by atoms with Gasteiger partial charge in [0.25, 0.3) is 10.0 Å². The van der Waals surface area contributed by atoms with Crippen molar-refractivity contribution in [3.05, 3.63) is 58.3 Å². The smallest absolute Gasteiger partial charge is 0.264 e. The molecule has 0 heterocycles. The van der Waals surface area contributed by atoms with Gasteiger partial charge in [0.1, 0.15) is 15.7 Å². The number of benzene rings is 2. The van der Waals surface area contributed by atoms with E-state index in [2.05, 4.69) is 20.7 Å².